The number of carbonyl (C=O) groups is 1. The van der Waals surface area contributed by atoms with Crippen LogP contribution in [0.3, 0.4) is 0 Å². The lowest BCUT2D eigenvalue weighted by Gasteiger charge is -2.08. The molecule has 0 spiro atoms. The summed E-state index contributed by atoms with van der Waals surface area (Å²) in [5, 5.41) is 6.94. The molecule has 2 aromatic heterocycles. The number of anilines is 3. The summed E-state index contributed by atoms with van der Waals surface area (Å²) in [7, 11) is 0. The van der Waals surface area contributed by atoms with Crippen LogP contribution >= 0.6 is 11.6 Å². The lowest BCUT2D eigenvalue weighted by atomic mass is 10.1. The molecule has 2 aromatic carbocycles. The molecule has 0 aliphatic carbocycles. The average Bonchev–Trinajstić information content (AvgIpc) is 3.09. The zero-order valence-corrected chi connectivity index (χ0v) is 15.4. The summed E-state index contributed by atoms with van der Waals surface area (Å²) in [6.45, 7) is 0. The fourth-order valence-corrected chi connectivity index (χ4v) is 3.10. The van der Waals surface area contributed by atoms with Crippen LogP contribution in [0.1, 0.15) is 5.56 Å². The van der Waals surface area contributed by atoms with Crippen LogP contribution in [-0.4, -0.2) is 15.9 Å². The summed E-state index contributed by atoms with van der Waals surface area (Å²) in [4.78, 5) is 19.7. The molecular formula is C21H16ClFN4O. The molecule has 0 aliphatic heterocycles. The van der Waals surface area contributed by atoms with Crippen molar-refractivity contribution in [3.8, 4) is 0 Å². The molecule has 0 saturated carbocycles. The van der Waals surface area contributed by atoms with Gasteiger partial charge in [-0.05, 0) is 42.0 Å². The molecule has 0 unspecified atom stereocenters. The number of aromatic nitrogens is 2. The van der Waals surface area contributed by atoms with Crippen LogP contribution in [0.5, 0.6) is 0 Å². The van der Waals surface area contributed by atoms with E-state index in [1.807, 2.05) is 30.5 Å². The van der Waals surface area contributed by atoms with Gasteiger partial charge in [0.05, 0.1) is 23.3 Å². The fourth-order valence-electron chi connectivity index (χ4n) is 2.92. The number of nitrogens with one attached hydrogen (secondary N) is 3. The largest absolute Gasteiger partial charge is 0.361 e. The molecule has 0 fully saturated rings. The number of aromatic amines is 1. The van der Waals surface area contributed by atoms with Gasteiger partial charge in [0, 0.05) is 22.8 Å². The molecular weight excluding hydrogens is 379 g/mol. The van der Waals surface area contributed by atoms with E-state index >= 15 is 0 Å². The molecule has 0 atom stereocenters. The maximum Gasteiger partial charge on any atom is 0.230 e. The molecule has 4 aromatic rings. The number of amides is 1. The van der Waals surface area contributed by atoms with Gasteiger partial charge in [-0.25, -0.2) is 9.37 Å². The fraction of sp³-hybridized carbons (Fsp3) is 0.0476. The van der Waals surface area contributed by atoms with Crippen LogP contribution in [-0.2, 0) is 11.2 Å². The monoisotopic (exact) mass is 394 g/mol. The number of benzene rings is 2. The molecule has 0 bridgehead atoms. The van der Waals surface area contributed by atoms with Crippen molar-refractivity contribution in [2.24, 2.45) is 0 Å². The number of rotatable bonds is 5. The Morgan fingerprint density at radius 3 is 2.71 bits per heavy atom. The Kier molecular flexibility index (Phi) is 4.95. The van der Waals surface area contributed by atoms with Crippen molar-refractivity contribution in [1.82, 2.24) is 9.97 Å². The maximum atomic E-state index is 13.2. The second kappa shape index (κ2) is 7.70. The number of hydrogen-bond acceptors (Lipinski definition) is 3. The second-order valence-electron chi connectivity index (χ2n) is 6.27. The van der Waals surface area contributed by atoms with Crippen molar-refractivity contribution in [2.75, 3.05) is 10.6 Å². The van der Waals surface area contributed by atoms with E-state index in [0.717, 1.165) is 16.5 Å². The molecule has 7 heteroatoms. The molecule has 0 radical (unpaired) electrons. The number of carbonyl (C=O) groups excluding carboxylic acids is 1. The lowest BCUT2D eigenvalue weighted by Crippen LogP contribution is -2.15. The second-order valence-corrected chi connectivity index (χ2v) is 6.68. The highest BCUT2D eigenvalue weighted by Gasteiger charge is 2.09. The first-order chi connectivity index (χ1) is 13.6. The van der Waals surface area contributed by atoms with Gasteiger partial charge in [0.1, 0.15) is 11.6 Å². The third-order valence-corrected chi connectivity index (χ3v) is 4.55. The highest BCUT2D eigenvalue weighted by Crippen LogP contribution is 2.23. The third kappa shape index (κ3) is 3.97. The Hall–Kier alpha value is -3.38. The van der Waals surface area contributed by atoms with E-state index in [1.165, 1.54) is 12.1 Å². The van der Waals surface area contributed by atoms with Gasteiger partial charge in [-0.2, -0.15) is 0 Å². The number of pyridine rings is 1. The Morgan fingerprint density at radius 2 is 1.93 bits per heavy atom. The Morgan fingerprint density at radius 1 is 1.11 bits per heavy atom. The van der Waals surface area contributed by atoms with Gasteiger partial charge < -0.3 is 15.6 Å². The molecule has 1 amide bonds. The van der Waals surface area contributed by atoms with Crippen LogP contribution < -0.4 is 10.6 Å². The first kappa shape index (κ1) is 18.0. The minimum atomic E-state index is -0.474. The summed E-state index contributed by atoms with van der Waals surface area (Å²) in [6, 6.07) is 15.7. The van der Waals surface area contributed by atoms with Gasteiger partial charge in [-0.15, -0.1) is 0 Å². The predicted octanol–water partition coefficient (Wildman–Crippen LogP) is 5.28. The smallest absolute Gasteiger partial charge is 0.230 e. The predicted molar refractivity (Wildman–Crippen MR) is 110 cm³/mol. The maximum absolute atomic E-state index is 13.2. The Bertz CT molecular complexity index is 1140. The van der Waals surface area contributed by atoms with E-state index in [2.05, 4.69) is 20.6 Å². The van der Waals surface area contributed by atoms with Crippen LogP contribution in [0.2, 0.25) is 5.02 Å². The first-order valence-electron chi connectivity index (χ1n) is 8.61. The van der Waals surface area contributed by atoms with Gasteiger partial charge in [0.15, 0.2) is 0 Å². The minimum Gasteiger partial charge on any atom is -0.361 e. The van der Waals surface area contributed by atoms with E-state index in [4.69, 9.17) is 11.6 Å². The lowest BCUT2D eigenvalue weighted by molar-refractivity contribution is -0.115. The molecule has 5 nitrogen and oxygen atoms in total. The van der Waals surface area contributed by atoms with Crippen molar-refractivity contribution < 1.29 is 9.18 Å². The SMILES string of the molecule is O=C(Cc1c[nH]c2ccccc12)Nc1ccc(Nc2ccc(F)c(Cl)c2)cn1. The topological polar surface area (TPSA) is 69.8 Å². The van der Waals surface area contributed by atoms with E-state index < -0.39 is 5.82 Å². The van der Waals surface area contributed by atoms with Crippen molar-refractivity contribution in [3.05, 3.63) is 83.4 Å². The summed E-state index contributed by atoms with van der Waals surface area (Å²) < 4.78 is 13.2. The van der Waals surface area contributed by atoms with E-state index in [0.29, 0.717) is 17.2 Å². The molecule has 140 valence electrons. The quantitative estimate of drug-likeness (QED) is 0.431. The third-order valence-electron chi connectivity index (χ3n) is 4.27. The van der Waals surface area contributed by atoms with Gasteiger partial charge in [0.2, 0.25) is 5.91 Å². The van der Waals surface area contributed by atoms with Crippen molar-refractivity contribution in [2.45, 2.75) is 6.42 Å². The number of hydrogen-bond donors (Lipinski definition) is 3. The van der Waals surface area contributed by atoms with E-state index in [1.54, 1.807) is 24.4 Å². The molecule has 0 aliphatic rings. The normalized spacial score (nSPS) is 10.8. The number of halogens is 2. The van der Waals surface area contributed by atoms with Gasteiger partial charge in [-0.3, -0.25) is 4.79 Å². The van der Waals surface area contributed by atoms with Gasteiger partial charge in [-0.1, -0.05) is 29.8 Å². The summed E-state index contributed by atoms with van der Waals surface area (Å²) in [6.07, 6.45) is 3.68. The number of nitrogens with zero attached hydrogens (tertiary/aromatic N) is 1. The average molecular weight is 395 g/mol. The first-order valence-corrected chi connectivity index (χ1v) is 8.99. The Balaban J connectivity index is 1.39. The molecule has 28 heavy (non-hydrogen) atoms. The van der Waals surface area contributed by atoms with Crippen molar-refractivity contribution in [1.29, 1.82) is 0 Å². The summed E-state index contributed by atoms with van der Waals surface area (Å²) >= 11 is 5.78. The van der Waals surface area contributed by atoms with Crippen LogP contribution in [0.15, 0.2) is 67.0 Å². The number of H-pyrrole nitrogens is 1. The number of fused-ring (bicyclic) bond motifs is 1. The van der Waals surface area contributed by atoms with Crippen molar-refractivity contribution in [3.63, 3.8) is 0 Å². The highest BCUT2D eigenvalue weighted by atomic mass is 35.5. The highest BCUT2D eigenvalue weighted by molar-refractivity contribution is 6.31. The zero-order valence-electron chi connectivity index (χ0n) is 14.7. The standard InChI is InChI=1S/C21H16ClFN4O/c22-17-10-14(5-7-18(17)23)26-15-6-8-20(25-12-15)27-21(28)9-13-11-24-19-4-2-1-3-16(13)19/h1-8,10-12,24,26H,9H2,(H,25,27,28). The van der Waals surface area contributed by atoms with Crippen LogP contribution in [0.4, 0.5) is 21.6 Å². The minimum absolute atomic E-state index is 0.0409. The van der Waals surface area contributed by atoms with Gasteiger partial charge in [0.25, 0.3) is 0 Å². The van der Waals surface area contributed by atoms with E-state index in [-0.39, 0.29) is 17.4 Å². The number of para-hydroxylation sites is 1. The van der Waals surface area contributed by atoms with Crippen molar-refractivity contribution >= 4 is 45.6 Å². The zero-order chi connectivity index (χ0) is 19.5. The molecule has 4 rings (SSSR count). The summed E-state index contributed by atoms with van der Waals surface area (Å²) in [5.41, 5.74) is 3.26. The molecule has 3 N–H and O–H groups in total. The molecule has 2 heterocycles. The van der Waals surface area contributed by atoms with Crippen LogP contribution in [0.25, 0.3) is 10.9 Å². The summed E-state index contributed by atoms with van der Waals surface area (Å²) in [5.74, 6) is -0.172. The van der Waals surface area contributed by atoms with E-state index in [9.17, 15) is 9.18 Å². The molecule has 0 saturated heterocycles. The Labute approximate surface area is 165 Å². The van der Waals surface area contributed by atoms with Crippen LogP contribution in [0, 0.1) is 5.82 Å². The van der Waals surface area contributed by atoms with Gasteiger partial charge >= 0.3 is 0 Å².